The topological polar surface area (TPSA) is 80.9 Å². The van der Waals surface area contributed by atoms with Gasteiger partial charge in [-0.25, -0.2) is 4.98 Å². The number of carbonyl (C=O) groups excluding carboxylic acids is 1. The molecule has 0 aromatic carbocycles. The summed E-state index contributed by atoms with van der Waals surface area (Å²) in [5.74, 6) is 0.746. The van der Waals surface area contributed by atoms with Crippen LogP contribution in [0.25, 0.3) is 0 Å². The van der Waals surface area contributed by atoms with Crippen LogP contribution in [-0.2, 0) is 11.2 Å². The molecule has 0 aliphatic heterocycles. The number of aryl methyl sites for hydroxylation is 2. The largest absolute Gasteiger partial charge is 0.360 e. The van der Waals surface area contributed by atoms with E-state index >= 15 is 0 Å². The summed E-state index contributed by atoms with van der Waals surface area (Å²) in [7, 11) is 0. The first kappa shape index (κ1) is 12.0. The molecule has 17 heavy (non-hydrogen) atoms. The van der Waals surface area contributed by atoms with E-state index < -0.39 is 0 Å². The van der Waals surface area contributed by atoms with Crippen molar-refractivity contribution in [3.8, 4) is 0 Å². The first-order valence-electron chi connectivity index (χ1n) is 4.85. The molecule has 0 unspecified atom stereocenters. The lowest BCUT2D eigenvalue weighted by atomic mass is 10.2. The van der Waals surface area contributed by atoms with Crippen LogP contribution in [-0.4, -0.2) is 20.4 Å². The normalized spacial score (nSPS) is 10.5. The SMILES string of the molecule is Cc1nc(NC(=O)CCc2cc(Cl)no2)ns1. The third-order valence-corrected chi connectivity index (χ3v) is 2.71. The Morgan fingerprint density at radius 3 is 3.06 bits per heavy atom. The highest BCUT2D eigenvalue weighted by molar-refractivity contribution is 7.05. The average Bonchev–Trinajstić information content (AvgIpc) is 2.85. The second-order valence-corrected chi connectivity index (χ2v) is 4.64. The fourth-order valence-corrected chi connectivity index (χ4v) is 1.77. The summed E-state index contributed by atoms with van der Waals surface area (Å²) < 4.78 is 8.83. The van der Waals surface area contributed by atoms with E-state index in [0.717, 1.165) is 5.01 Å². The van der Waals surface area contributed by atoms with Crippen LogP contribution in [0.4, 0.5) is 5.95 Å². The Balaban J connectivity index is 1.82. The van der Waals surface area contributed by atoms with E-state index in [9.17, 15) is 4.79 Å². The quantitative estimate of drug-likeness (QED) is 0.921. The zero-order chi connectivity index (χ0) is 12.3. The van der Waals surface area contributed by atoms with Crippen molar-refractivity contribution < 1.29 is 9.32 Å². The Morgan fingerprint density at radius 2 is 2.47 bits per heavy atom. The average molecular weight is 273 g/mol. The van der Waals surface area contributed by atoms with Crippen molar-refractivity contribution in [1.29, 1.82) is 0 Å². The molecule has 2 rings (SSSR count). The van der Waals surface area contributed by atoms with Gasteiger partial charge in [0.25, 0.3) is 0 Å². The lowest BCUT2D eigenvalue weighted by molar-refractivity contribution is -0.116. The smallest absolute Gasteiger partial charge is 0.241 e. The van der Waals surface area contributed by atoms with Crippen molar-refractivity contribution in [1.82, 2.24) is 14.5 Å². The van der Waals surface area contributed by atoms with Crippen molar-refractivity contribution in [3.05, 3.63) is 22.0 Å². The van der Waals surface area contributed by atoms with Gasteiger partial charge < -0.3 is 4.52 Å². The maximum Gasteiger partial charge on any atom is 0.241 e. The van der Waals surface area contributed by atoms with Crippen LogP contribution in [0.5, 0.6) is 0 Å². The molecule has 1 N–H and O–H groups in total. The van der Waals surface area contributed by atoms with Crippen LogP contribution in [0.3, 0.4) is 0 Å². The molecule has 0 spiro atoms. The molecule has 90 valence electrons. The van der Waals surface area contributed by atoms with E-state index in [-0.39, 0.29) is 17.5 Å². The van der Waals surface area contributed by atoms with Gasteiger partial charge in [-0.15, -0.1) is 0 Å². The van der Waals surface area contributed by atoms with E-state index in [1.165, 1.54) is 11.5 Å². The van der Waals surface area contributed by atoms with Crippen LogP contribution < -0.4 is 5.32 Å². The Morgan fingerprint density at radius 1 is 1.65 bits per heavy atom. The number of hydrogen-bond acceptors (Lipinski definition) is 6. The Hall–Kier alpha value is -1.47. The van der Waals surface area contributed by atoms with E-state index in [1.54, 1.807) is 6.07 Å². The van der Waals surface area contributed by atoms with Gasteiger partial charge >= 0.3 is 0 Å². The Kier molecular flexibility index (Phi) is 3.70. The van der Waals surface area contributed by atoms with Gasteiger partial charge in [-0.1, -0.05) is 16.8 Å². The summed E-state index contributed by atoms with van der Waals surface area (Å²) >= 11 is 6.83. The predicted octanol–water partition coefficient (Wildman–Crippen LogP) is 2.06. The van der Waals surface area contributed by atoms with Gasteiger partial charge in [0.05, 0.1) is 0 Å². The lowest BCUT2D eigenvalue weighted by Gasteiger charge is -1.98. The summed E-state index contributed by atoms with van der Waals surface area (Å²) in [5, 5.41) is 7.21. The summed E-state index contributed by atoms with van der Waals surface area (Å²) in [6, 6.07) is 1.58. The number of aromatic nitrogens is 3. The van der Waals surface area contributed by atoms with Crippen LogP contribution in [0, 0.1) is 6.92 Å². The second kappa shape index (κ2) is 5.24. The molecular weight excluding hydrogens is 264 g/mol. The third kappa shape index (κ3) is 3.50. The molecule has 8 heteroatoms. The number of nitrogens with one attached hydrogen (secondary N) is 1. The molecule has 6 nitrogen and oxygen atoms in total. The summed E-state index contributed by atoms with van der Waals surface area (Å²) in [6.45, 7) is 1.82. The summed E-state index contributed by atoms with van der Waals surface area (Å²) in [5.41, 5.74) is 0. The van der Waals surface area contributed by atoms with Gasteiger partial charge in [-0.3, -0.25) is 10.1 Å². The van der Waals surface area contributed by atoms with E-state index in [4.69, 9.17) is 16.1 Å². The lowest BCUT2D eigenvalue weighted by Crippen LogP contribution is -2.13. The highest BCUT2D eigenvalue weighted by atomic mass is 35.5. The highest BCUT2D eigenvalue weighted by Gasteiger charge is 2.09. The van der Waals surface area contributed by atoms with Crippen LogP contribution >= 0.6 is 23.1 Å². The molecule has 2 aromatic rings. The van der Waals surface area contributed by atoms with Gasteiger partial charge in [0, 0.05) is 18.9 Å². The first-order chi connectivity index (χ1) is 8.13. The fourth-order valence-electron chi connectivity index (χ4n) is 1.18. The molecule has 0 atom stereocenters. The predicted molar refractivity (Wildman–Crippen MR) is 63.1 cm³/mol. The van der Waals surface area contributed by atoms with Crippen LogP contribution in [0.1, 0.15) is 17.2 Å². The van der Waals surface area contributed by atoms with Gasteiger partial charge in [0.15, 0.2) is 5.15 Å². The molecule has 2 heterocycles. The van der Waals surface area contributed by atoms with Crippen LogP contribution in [0.2, 0.25) is 5.15 Å². The molecule has 0 saturated carbocycles. The number of rotatable bonds is 4. The summed E-state index contributed by atoms with van der Waals surface area (Å²) in [6.07, 6.45) is 0.707. The minimum Gasteiger partial charge on any atom is -0.360 e. The van der Waals surface area contributed by atoms with Crippen molar-refractivity contribution >= 4 is 35.0 Å². The molecule has 0 aliphatic rings. The van der Waals surface area contributed by atoms with Crippen molar-refractivity contribution in [2.24, 2.45) is 0 Å². The standard InChI is InChI=1S/C9H9ClN4O2S/c1-5-11-9(14-17-5)12-8(15)3-2-6-4-7(10)13-16-6/h4H,2-3H2,1H3,(H,12,14,15). The molecular formula is C9H9ClN4O2S. The Bertz CT molecular complexity index is 525. The zero-order valence-electron chi connectivity index (χ0n) is 8.94. The van der Waals surface area contributed by atoms with E-state index in [2.05, 4.69) is 19.8 Å². The number of anilines is 1. The fraction of sp³-hybridized carbons (Fsp3) is 0.333. The molecule has 0 fully saturated rings. The molecule has 1 amide bonds. The second-order valence-electron chi connectivity index (χ2n) is 3.30. The van der Waals surface area contributed by atoms with Gasteiger partial charge in [-0.05, 0) is 18.5 Å². The van der Waals surface area contributed by atoms with Gasteiger partial charge in [0.1, 0.15) is 10.8 Å². The van der Waals surface area contributed by atoms with Gasteiger partial charge in [0.2, 0.25) is 11.9 Å². The van der Waals surface area contributed by atoms with E-state index in [0.29, 0.717) is 18.1 Å². The number of hydrogen-bond donors (Lipinski definition) is 1. The highest BCUT2D eigenvalue weighted by Crippen LogP contribution is 2.11. The minimum absolute atomic E-state index is 0.171. The molecule has 0 aliphatic carbocycles. The summed E-state index contributed by atoms with van der Waals surface area (Å²) in [4.78, 5) is 15.5. The van der Waals surface area contributed by atoms with Crippen molar-refractivity contribution in [2.75, 3.05) is 5.32 Å². The maximum absolute atomic E-state index is 11.5. The molecule has 0 saturated heterocycles. The first-order valence-corrected chi connectivity index (χ1v) is 6.00. The van der Waals surface area contributed by atoms with Crippen molar-refractivity contribution in [2.45, 2.75) is 19.8 Å². The molecule has 0 radical (unpaired) electrons. The minimum atomic E-state index is -0.171. The van der Waals surface area contributed by atoms with Gasteiger partial charge in [-0.2, -0.15) is 4.37 Å². The maximum atomic E-state index is 11.5. The van der Waals surface area contributed by atoms with Crippen LogP contribution in [0.15, 0.2) is 10.6 Å². The molecule has 0 bridgehead atoms. The monoisotopic (exact) mass is 272 g/mol. The Labute approximate surface area is 106 Å². The third-order valence-electron chi connectivity index (χ3n) is 1.91. The number of carbonyl (C=O) groups is 1. The number of nitrogens with zero attached hydrogens (tertiary/aromatic N) is 3. The number of halogens is 1. The molecule has 2 aromatic heterocycles. The number of amides is 1. The zero-order valence-corrected chi connectivity index (χ0v) is 10.5. The van der Waals surface area contributed by atoms with Crippen molar-refractivity contribution in [3.63, 3.8) is 0 Å². The van der Waals surface area contributed by atoms with E-state index in [1.807, 2.05) is 6.92 Å².